The Labute approximate surface area is 102 Å². The van der Waals surface area contributed by atoms with Gasteiger partial charge in [-0.1, -0.05) is 0 Å². The first kappa shape index (κ1) is 12.7. The van der Waals surface area contributed by atoms with Crippen molar-refractivity contribution in [3.05, 3.63) is 34.6 Å². The van der Waals surface area contributed by atoms with Crippen LogP contribution in [0.4, 0.5) is 0 Å². The summed E-state index contributed by atoms with van der Waals surface area (Å²) in [6.07, 6.45) is 4.56. The van der Waals surface area contributed by atoms with Crippen molar-refractivity contribution in [2.75, 3.05) is 13.7 Å². The third kappa shape index (κ3) is 3.66. The molecule has 1 aromatic rings. The van der Waals surface area contributed by atoms with E-state index in [9.17, 15) is 4.79 Å². The van der Waals surface area contributed by atoms with Crippen molar-refractivity contribution in [2.24, 2.45) is 0 Å². The molecule has 0 aliphatic heterocycles. The normalized spacial score (nSPS) is 11.1. The van der Waals surface area contributed by atoms with Crippen molar-refractivity contribution in [1.29, 1.82) is 0 Å². The third-order valence-electron chi connectivity index (χ3n) is 1.74. The summed E-state index contributed by atoms with van der Waals surface area (Å²) < 4.78 is 10.7. The summed E-state index contributed by atoms with van der Waals surface area (Å²) >= 11 is 3.30. The number of ether oxygens (including phenoxy) is 2. The number of methoxy groups -OCH3 is 1. The van der Waals surface area contributed by atoms with Gasteiger partial charge in [-0.25, -0.2) is 4.79 Å². The molecule has 1 heterocycles. The Morgan fingerprint density at radius 2 is 2.31 bits per heavy atom. The topological polar surface area (TPSA) is 48.4 Å². The number of hydrogen-bond acceptors (Lipinski definition) is 4. The largest absolute Gasteiger partial charge is 0.496 e. The molecule has 0 radical (unpaired) electrons. The van der Waals surface area contributed by atoms with Gasteiger partial charge < -0.3 is 9.47 Å². The van der Waals surface area contributed by atoms with Gasteiger partial charge in [0.15, 0.2) is 0 Å². The molecule has 0 aliphatic carbocycles. The lowest BCUT2D eigenvalue weighted by Gasteiger charge is -2.06. The number of nitrogens with zero attached hydrogens (tertiary/aromatic N) is 1. The summed E-state index contributed by atoms with van der Waals surface area (Å²) in [7, 11) is 1.49. The van der Waals surface area contributed by atoms with Crippen molar-refractivity contribution in [2.45, 2.75) is 6.92 Å². The van der Waals surface area contributed by atoms with Gasteiger partial charge in [0.25, 0.3) is 0 Å². The Bertz CT molecular complexity index is 404. The van der Waals surface area contributed by atoms with Crippen LogP contribution in [0.3, 0.4) is 0 Å². The summed E-state index contributed by atoms with van der Waals surface area (Å²) in [5.41, 5.74) is 0.713. The van der Waals surface area contributed by atoms with Crippen molar-refractivity contribution in [3.63, 3.8) is 0 Å². The first-order valence-electron chi connectivity index (χ1n) is 4.70. The number of esters is 1. The second kappa shape index (κ2) is 6.27. The number of hydrogen-bond donors (Lipinski definition) is 0. The SMILES string of the molecule is CCOC(=O)C=C(OC)c1cncc(Br)c1. The lowest BCUT2D eigenvalue weighted by molar-refractivity contribution is -0.137. The Morgan fingerprint density at radius 1 is 1.56 bits per heavy atom. The molecule has 0 amide bonds. The highest BCUT2D eigenvalue weighted by Gasteiger charge is 2.06. The standard InChI is InChI=1S/C11H12BrNO3/c1-3-16-11(14)5-10(15-2)8-4-9(12)7-13-6-8/h4-7H,3H2,1-2H3. The molecule has 0 spiro atoms. The van der Waals surface area contributed by atoms with Crippen LogP contribution in [0.5, 0.6) is 0 Å². The fourth-order valence-corrected chi connectivity index (χ4v) is 1.46. The van der Waals surface area contributed by atoms with Gasteiger partial charge in [-0.3, -0.25) is 4.98 Å². The number of aromatic nitrogens is 1. The second-order valence-electron chi connectivity index (χ2n) is 2.86. The van der Waals surface area contributed by atoms with E-state index in [1.165, 1.54) is 13.2 Å². The second-order valence-corrected chi connectivity index (χ2v) is 3.77. The molecule has 5 heteroatoms. The fraction of sp³-hybridized carbons (Fsp3) is 0.273. The molecule has 0 unspecified atom stereocenters. The molecule has 0 saturated heterocycles. The van der Waals surface area contributed by atoms with Gasteiger partial charge in [0, 0.05) is 22.4 Å². The number of carbonyl (C=O) groups is 1. The minimum Gasteiger partial charge on any atom is -0.496 e. The Hall–Kier alpha value is -1.36. The highest BCUT2D eigenvalue weighted by Crippen LogP contribution is 2.18. The van der Waals surface area contributed by atoms with Crippen LogP contribution in [0.25, 0.3) is 5.76 Å². The van der Waals surface area contributed by atoms with Gasteiger partial charge in [-0.05, 0) is 28.9 Å². The van der Waals surface area contributed by atoms with E-state index in [1.807, 2.05) is 6.07 Å². The molecule has 0 saturated carbocycles. The van der Waals surface area contributed by atoms with E-state index in [0.717, 1.165) is 4.47 Å². The number of pyridine rings is 1. The zero-order valence-electron chi connectivity index (χ0n) is 9.07. The van der Waals surface area contributed by atoms with Crippen LogP contribution in [0, 0.1) is 0 Å². The molecule has 4 nitrogen and oxygen atoms in total. The lowest BCUT2D eigenvalue weighted by Crippen LogP contribution is -2.02. The molecule has 1 rings (SSSR count). The molecule has 0 aliphatic rings. The first-order chi connectivity index (χ1) is 7.67. The van der Waals surface area contributed by atoms with Gasteiger partial charge in [0.2, 0.25) is 0 Å². The van der Waals surface area contributed by atoms with Crippen molar-refractivity contribution >= 4 is 27.7 Å². The molecule has 0 aromatic carbocycles. The maximum Gasteiger partial charge on any atom is 0.334 e. The van der Waals surface area contributed by atoms with Crippen LogP contribution in [0.15, 0.2) is 29.0 Å². The van der Waals surface area contributed by atoms with Gasteiger partial charge in [0.1, 0.15) is 5.76 Å². The van der Waals surface area contributed by atoms with Crippen LogP contribution in [-0.2, 0) is 14.3 Å². The molecule has 0 fully saturated rings. The lowest BCUT2D eigenvalue weighted by atomic mass is 10.2. The molecule has 86 valence electrons. The summed E-state index contributed by atoms with van der Waals surface area (Å²) in [6, 6.07) is 1.81. The van der Waals surface area contributed by atoms with Crippen LogP contribution in [-0.4, -0.2) is 24.7 Å². The predicted octanol–water partition coefficient (Wildman–Crippen LogP) is 2.39. The molecular weight excluding hydrogens is 274 g/mol. The van der Waals surface area contributed by atoms with Crippen molar-refractivity contribution in [3.8, 4) is 0 Å². The summed E-state index contributed by atoms with van der Waals surface area (Å²) in [5, 5.41) is 0. The van der Waals surface area contributed by atoms with Crippen LogP contribution in [0.2, 0.25) is 0 Å². The summed E-state index contributed by atoms with van der Waals surface area (Å²) in [5.74, 6) is -0.00780. The molecule has 0 atom stereocenters. The van der Waals surface area contributed by atoms with E-state index in [1.54, 1.807) is 19.3 Å². The van der Waals surface area contributed by atoms with Gasteiger partial charge in [0.05, 0.1) is 19.8 Å². The summed E-state index contributed by atoms with van der Waals surface area (Å²) in [4.78, 5) is 15.2. The fourth-order valence-electron chi connectivity index (χ4n) is 1.10. The zero-order valence-corrected chi connectivity index (χ0v) is 10.7. The average molecular weight is 286 g/mol. The minimum atomic E-state index is -0.431. The van der Waals surface area contributed by atoms with Crippen LogP contribution >= 0.6 is 15.9 Å². The number of halogens is 1. The van der Waals surface area contributed by atoms with E-state index in [-0.39, 0.29) is 0 Å². The molecule has 16 heavy (non-hydrogen) atoms. The zero-order chi connectivity index (χ0) is 12.0. The molecular formula is C11H12BrNO3. The minimum absolute atomic E-state index is 0.336. The van der Waals surface area contributed by atoms with E-state index in [2.05, 4.69) is 20.9 Å². The van der Waals surface area contributed by atoms with E-state index >= 15 is 0 Å². The van der Waals surface area contributed by atoms with E-state index in [0.29, 0.717) is 17.9 Å². The Morgan fingerprint density at radius 3 is 2.88 bits per heavy atom. The van der Waals surface area contributed by atoms with E-state index in [4.69, 9.17) is 9.47 Å². The van der Waals surface area contributed by atoms with Crippen LogP contribution < -0.4 is 0 Å². The third-order valence-corrected chi connectivity index (χ3v) is 2.18. The maximum atomic E-state index is 11.3. The van der Waals surface area contributed by atoms with E-state index < -0.39 is 5.97 Å². The Balaban J connectivity index is 2.94. The van der Waals surface area contributed by atoms with Crippen LogP contribution in [0.1, 0.15) is 12.5 Å². The monoisotopic (exact) mass is 285 g/mol. The highest BCUT2D eigenvalue weighted by molar-refractivity contribution is 9.10. The Kier molecular flexibility index (Phi) is 4.98. The van der Waals surface area contributed by atoms with Crippen molar-refractivity contribution in [1.82, 2.24) is 4.98 Å². The molecule has 0 bridgehead atoms. The quantitative estimate of drug-likeness (QED) is 0.484. The average Bonchev–Trinajstić information content (AvgIpc) is 2.26. The highest BCUT2D eigenvalue weighted by atomic mass is 79.9. The maximum absolute atomic E-state index is 11.3. The smallest absolute Gasteiger partial charge is 0.334 e. The first-order valence-corrected chi connectivity index (χ1v) is 5.50. The van der Waals surface area contributed by atoms with Gasteiger partial charge in [-0.2, -0.15) is 0 Å². The molecule has 0 N–H and O–H groups in total. The predicted molar refractivity (Wildman–Crippen MR) is 63.6 cm³/mol. The molecule has 1 aromatic heterocycles. The van der Waals surface area contributed by atoms with Crippen molar-refractivity contribution < 1.29 is 14.3 Å². The van der Waals surface area contributed by atoms with Gasteiger partial charge in [-0.15, -0.1) is 0 Å². The van der Waals surface area contributed by atoms with Gasteiger partial charge >= 0.3 is 5.97 Å². The summed E-state index contributed by atoms with van der Waals surface area (Å²) in [6.45, 7) is 2.09. The number of carbonyl (C=O) groups excluding carboxylic acids is 1. The number of rotatable bonds is 4.